The third-order valence-corrected chi connectivity index (χ3v) is 3.53. The highest BCUT2D eigenvalue weighted by Crippen LogP contribution is 2.34. The number of anilines is 3. The molecule has 27 heavy (non-hydrogen) atoms. The number of ether oxygens (including phenoxy) is 1. The van der Waals surface area contributed by atoms with E-state index in [1.54, 1.807) is 36.7 Å². The quantitative estimate of drug-likeness (QED) is 0.300. The van der Waals surface area contributed by atoms with Crippen molar-refractivity contribution in [1.82, 2.24) is 15.0 Å². The fourth-order valence-electron chi connectivity index (χ4n) is 2.33. The average Bonchev–Trinajstić information content (AvgIpc) is 2.68. The molecule has 132 valence electrons. The van der Waals surface area contributed by atoms with Crippen molar-refractivity contribution in [2.24, 2.45) is 4.99 Å². The molecule has 2 aromatic heterocycles. The maximum Gasteiger partial charge on any atom is 0.227 e. The second-order valence-electron chi connectivity index (χ2n) is 5.33. The van der Waals surface area contributed by atoms with Crippen LogP contribution < -0.4 is 15.8 Å². The van der Waals surface area contributed by atoms with Crippen molar-refractivity contribution in [3.05, 3.63) is 67.0 Å². The first-order valence-electron chi connectivity index (χ1n) is 7.78. The largest absolute Gasteiger partial charge is 0.456 e. The van der Waals surface area contributed by atoms with Gasteiger partial charge in [0.2, 0.25) is 5.95 Å². The smallest absolute Gasteiger partial charge is 0.227 e. The summed E-state index contributed by atoms with van der Waals surface area (Å²) in [6, 6.07) is 7.15. The molecule has 0 aliphatic heterocycles. The third kappa shape index (κ3) is 3.88. The van der Waals surface area contributed by atoms with Crippen LogP contribution in [0.15, 0.2) is 66.4 Å². The maximum atomic E-state index is 9.42. The molecule has 0 atom stereocenters. The lowest BCUT2D eigenvalue weighted by Crippen LogP contribution is -2.02. The van der Waals surface area contributed by atoms with Gasteiger partial charge < -0.3 is 15.8 Å². The molecule has 0 unspecified atom stereocenters. The van der Waals surface area contributed by atoms with Gasteiger partial charge in [0.15, 0.2) is 5.75 Å². The molecule has 2 heterocycles. The predicted octanol–water partition coefficient (Wildman–Crippen LogP) is 3.33. The molecule has 1 aromatic carbocycles. The Hall–Kier alpha value is -4.25. The number of nitriles is 1. The average molecular weight is 357 g/mol. The van der Waals surface area contributed by atoms with Crippen LogP contribution in [0.5, 0.6) is 5.75 Å². The fraction of sp³-hybridized carbons (Fsp3) is 0. The first-order chi connectivity index (χ1) is 13.1. The van der Waals surface area contributed by atoms with Crippen molar-refractivity contribution in [3.63, 3.8) is 0 Å². The first kappa shape index (κ1) is 17.6. The molecule has 0 aliphatic rings. The molecule has 0 saturated carbocycles. The summed E-state index contributed by atoms with van der Waals surface area (Å²) < 4.78 is 5.63. The molecule has 8 heteroatoms. The van der Waals surface area contributed by atoms with E-state index in [0.29, 0.717) is 45.3 Å². The van der Waals surface area contributed by atoms with Gasteiger partial charge in [0.1, 0.15) is 11.8 Å². The second-order valence-corrected chi connectivity index (χ2v) is 5.33. The molecule has 0 bridgehead atoms. The summed E-state index contributed by atoms with van der Waals surface area (Å²) in [5.74, 6) is 1.09. The number of nitrogens with zero attached hydrogens (tertiary/aromatic N) is 5. The number of fused-ring (bicyclic) bond motifs is 1. The number of nitrogens with two attached hydrogens (primary N) is 1. The minimum atomic E-state index is 0.340. The van der Waals surface area contributed by atoms with Gasteiger partial charge >= 0.3 is 0 Å². The summed E-state index contributed by atoms with van der Waals surface area (Å²) in [6.07, 6.45) is 7.68. The Morgan fingerprint density at radius 2 is 2.07 bits per heavy atom. The Labute approximate surface area is 155 Å². The van der Waals surface area contributed by atoms with Gasteiger partial charge in [0.05, 0.1) is 22.5 Å². The molecule has 0 amide bonds. The van der Waals surface area contributed by atoms with E-state index >= 15 is 0 Å². The molecule has 3 aromatic rings. The lowest BCUT2D eigenvalue weighted by atomic mass is 10.1. The van der Waals surface area contributed by atoms with Crippen LogP contribution in [0.2, 0.25) is 0 Å². The zero-order valence-electron chi connectivity index (χ0n) is 14.3. The summed E-state index contributed by atoms with van der Waals surface area (Å²) in [7, 11) is 0. The standard InChI is InChI=1S/C19H15N7O/c1-12(4-7-22-2)27-17-9-16-14(8-15(17)21)18(13(10-20)11-25-16)26-19-23-5-3-6-24-19/h3-9,11H,1-2,21H2,(H,23,24,25,26)/b7-4-. The highest BCUT2D eigenvalue weighted by Gasteiger charge is 2.14. The summed E-state index contributed by atoms with van der Waals surface area (Å²) in [4.78, 5) is 16.2. The molecule has 0 spiro atoms. The summed E-state index contributed by atoms with van der Waals surface area (Å²) >= 11 is 0. The van der Waals surface area contributed by atoms with E-state index in [1.165, 1.54) is 12.4 Å². The van der Waals surface area contributed by atoms with Gasteiger partial charge in [-0.3, -0.25) is 9.98 Å². The van der Waals surface area contributed by atoms with E-state index < -0.39 is 0 Å². The van der Waals surface area contributed by atoms with Gasteiger partial charge in [0, 0.05) is 36.2 Å². The first-order valence-corrected chi connectivity index (χ1v) is 7.78. The minimum Gasteiger partial charge on any atom is -0.456 e. The van der Waals surface area contributed by atoms with E-state index in [-0.39, 0.29) is 0 Å². The number of benzene rings is 1. The number of nitrogens with one attached hydrogen (secondary N) is 1. The van der Waals surface area contributed by atoms with Crippen molar-refractivity contribution < 1.29 is 4.74 Å². The van der Waals surface area contributed by atoms with E-state index in [2.05, 4.69) is 44.6 Å². The van der Waals surface area contributed by atoms with Crippen LogP contribution in [0.25, 0.3) is 10.9 Å². The summed E-state index contributed by atoms with van der Waals surface area (Å²) in [6.45, 7) is 7.11. The van der Waals surface area contributed by atoms with Crippen molar-refractivity contribution in [3.8, 4) is 11.8 Å². The van der Waals surface area contributed by atoms with Gasteiger partial charge in [0.25, 0.3) is 0 Å². The Bertz CT molecular complexity index is 1080. The molecule has 8 nitrogen and oxygen atoms in total. The van der Waals surface area contributed by atoms with E-state index in [0.717, 1.165) is 0 Å². The van der Waals surface area contributed by atoms with Crippen molar-refractivity contribution in [1.29, 1.82) is 5.26 Å². The lowest BCUT2D eigenvalue weighted by Gasteiger charge is -2.13. The van der Waals surface area contributed by atoms with Crippen LogP contribution in [0.4, 0.5) is 17.3 Å². The zero-order chi connectivity index (χ0) is 19.2. The van der Waals surface area contributed by atoms with Gasteiger partial charge in [-0.2, -0.15) is 5.26 Å². The van der Waals surface area contributed by atoms with Crippen molar-refractivity contribution in [2.75, 3.05) is 11.1 Å². The van der Waals surface area contributed by atoms with Crippen LogP contribution >= 0.6 is 0 Å². The van der Waals surface area contributed by atoms with Gasteiger partial charge in [-0.25, -0.2) is 9.97 Å². The van der Waals surface area contributed by atoms with Crippen LogP contribution in [0, 0.1) is 11.3 Å². The third-order valence-electron chi connectivity index (χ3n) is 3.53. The fourth-order valence-corrected chi connectivity index (χ4v) is 2.33. The van der Waals surface area contributed by atoms with Crippen LogP contribution in [-0.2, 0) is 0 Å². The Morgan fingerprint density at radius 1 is 1.30 bits per heavy atom. The van der Waals surface area contributed by atoms with E-state index in [4.69, 9.17) is 10.5 Å². The molecule has 0 aliphatic carbocycles. The summed E-state index contributed by atoms with van der Waals surface area (Å²) in [5.41, 5.74) is 7.91. The van der Waals surface area contributed by atoms with Gasteiger partial charge in [-0.1, -0.05) is 6.58 Å². The predicted molar refractivity (Wildman–Crippen MR) is 105 cm³/mol. The van der Waals surface area contributed by atoms with Crippen LogP contribution in [-0.4, -0.2) is 21.7 Å². The maximum absolute atomic E-state index is 9.42. The molecule has 3 N–H and O–H groups in total. The second kappa shape index (κ2) is 7.76. The normalized spacial score (nSPS) is 10.5. The molecule has 0 saturated heterocycles. The molecule has 3 rings (SSSR count). The monoisotopic (exact) mass is 357 g/mol. The SMILES string of the molecule is C=N/C=C\C(=C)Oc1cc2ncc(C#N)c(Nc3ncccn3)c2cc1N. The van der Waals surface area contributed by atoms with Crippen LogP contribution in [0.3, 0.4) is 0 Å². The van der Waals surface area contributed by atoms with Gasteiger partial charge in [-0.05, 0) is 24.9 Å². The Morgan fingerprint density at radius 3 is 2.78 bits per heavy atom. The highest BCUT2D eigenvalue weighted by atomic mass is 16.5. The molecule has 0 fully saturated rings. The van der Waals surface area contributed by atoms with Crippen molar-refractivity contribution >= 4 is 34.9 Å². The molecule has 0 radical (unpaired) electrons. The highest BCUT2D eigenvalue weighted by molar-refractivity contribution is 5.98. The number of nitrogen functional groups attached to an aromatic ring is 1. The topological polar surface area (TPSA) is 122 Å². The van der Waals surface area contributed by atoms with E-state index in [9.17, 15) is 5.26 Å². The number of pyridine rings is 1. The Balaban J connectivity index is 2.06. The molecular weight excluding hydrogens is 342 g/mol. The lowest BCUT2D eigenvalue weighted by molar-refractivity contribution is 0.449. The Kier molecular flexibility index (Phi) is 5.05. The van der Waals surface area contributed by atoms with Crippen LogP contribution in [0.1, 0.15) is 5.56 Å². The number of hydrogen-bond acceptors (Lipinski definition) is 8. The number of allylic oxidation sites excluding steroid dienone is 1. The molecular formula is C19H15N7O. The number of hydrogen-bond donors (Lipinski definition) is 2. The van der Waals surface area contributed by atoms with Crippen molar-refractivity contribution in [2.45, 2.75) is 0 Å². The van der Waals surface area contributed by atoms with E-state index in [1.807, 2.05) is 0 Å². The number of aromatic nitrogens is 3. The minimum absolute atomic E-state index is 0.340. The number of aliphatic imine (C=N–C) groups is 1. The number of rotatable bonds is 6. The summed E-state index contributed by atoms with van der Waals surface area (Å²) in [5, 5.41) is 13.1. The zero-order valence-corrected chi connectivity index (χ0v) is 14.3. The van der Waals surface area contributed by atoms with Gasteiger partial charge in [-0.15, -0.1) is 0 Å².